The van der Waals surface area contributed by atoms with Crippen LogP contribution in [0.4, 0.5) is 5.69 Å². The number of carbonyl (C=O) groups is 1. The average molecular weight is 467 g/mol. The summed E-state index contributed by atoms with van der Waals surface area (Å²) in [6.07, 6.45) is 2.92. The fourth-order valence-corrected chi connectivity index (χ4v) is 5.11. The SMILES string of the molecule is O=C1Nc2c(Br)cc(Br)cc2C1=Cc1ccc2c(c1)Cc1ccccc1-2. The van der Waals surface area contributed by atoms with Crippen molar-refractivity contribution >= 4 is 55.1 Å². The lowest BCUT2D eigenvalue weighted by Crippen LogP contribution is -2.03. The van der Waals surface area contributed by atoms with Crippen LogP contribution in [0.25, 0.3) is 22.8 Å². The van der Waals surface area contributed by atoms with Gasteiger partial charge in [0.2, 0.25) is 0 Å². The van der Waals surface area contributed by atoms with Crippen LogP contribution < -0.4 is 5.32 Å². The molecule has 126 valence electrons. The molecule has 5 rings (SSSR count). The standard InChI is InChI=1S/C22H13Br2NO/c23-15-10-18-19(22(26)25-21(18)20(24)11-15)8-12-5-6-17-14(7-12)9-13-3-1-2-4-16(13)17/h1-8,10-11H,9H2,(H,25,26). The first-order valence-electron chi connectivity index (χ1n) is 8.34. The van der Waals surface area contributed by atoms with Gasteiger partial charge in [-0.1, -0.05) is 58.4 Å². The summed E-state index contributed by atoms with van der Waals surface area (Å²) in [6, 6.07) is 18.9. The third kappa shape index (κ3) is 2.48. The van der Waals surface area contributed by atoms with Crippen LogP contribution in [-0.2, 0) is 11.2 Å². The van der Waals surface area contributed by atoms with E-state index >= 15 is 0 Å². The summed E-state index contributed by atoms with van der Waals surface area (Å²) in [5.74, 6) is -0.0671. The Morgan fingerprint density at radius 3 is 2.58 bits per heavy atom. The largest absolute Gasteiger partial charge is 0.320 e. The van der Waals surface area contributed by atoms with E-state index in [1.165, 1.54) is 22.3 Å². The van der Waals surface area contributed by atoms with Gasteiger partial charge in [-0.2, -0.15) is 0 Å². The minimum absolute atomic E-state index is 0.0671. The summed E-state index contributed by atoms with van der Waals surface area (Å²) in [5, 5.41) is 2.95. The molecule has 2 nitrogen and oxygen atoms in total. The number of hydrogen-bond acceptors (Lipinski definition) is 1. The third-order valence-electron chi connectivity index (χ3n) is 4.96. The van der Waals surface area contributed by atoms with Crippen molar-refractivity contribution < 1.29 is 4.79 Å². The van der Waals surface area contributed by atoms with E-state index in [0.717, 1.165) is 32.2 Å². The zero-order chi connectivity index (χ0) is 17.8. The van der Waals surface area contributed by atoms with Gasteiger partial charge < -0.3 is 5.32 Å². The lowest BCUT2D eigenvalue weighted by atomic mass is 10.00. The summed E-state index contributed by atoms with van der Waals surface area (Å²) in [5.41, 5.74) is 8.78. The minimum atomic E-state index is -0.0671. The van der Waals surface area contributed by atoms with Gasteiger partial charge >= 0.3 is 0 Å². The lowest BCUT2D eigenvalue weighted by molar-refractivity contribution is -0.110. The number of halogens is 2. The van der Waals surface area contributed by atoms with Crippen LogP contribution in [0, 0.1) is 0 Å². The molecule has 0 saturated heterocycles. The molecule has 0 unspecified atom stereocenters. The number of nitrogens with one attached hydrogen (secondary N) is 1. The van der Waals surface area contributed by atoms with Crippen LogP contribution in [0.1, 0.15) is 22.3 Å². The maximum absolute atomic E-state index is 12.5. The van der Waals surface area contributed by atoms with Gasteiger partial charge in [0.05, 0.1) is 5.69 Å². The Morgan fingerprint density at radius 2 is 1.69 bits per heavy atom. The Balaban J connectivity index is 1.59. The van der Waals surface area contributed by atoms with E-state index in [-0.39, 0.29) is 5.91 Å². The molecule has 2 aliphatic rings. The highest BCUT2D eigenvalue weighted by molar-refractivity contribution is 9.11. The Bertz CT molecular complexity index is 1130. The average Bonchev–Trinajstić information content (AvgIpc) is 3.13. The zero-order valence-corrected chi connectivity index (χ0v) is 16.8. The second-order valence-electron chi connectivity index (χ2n) is 6.57. The van der Waals surface area contributed by atoms with Crippen LogP contribution in [0.2, 0.25) is 0 Å². The number of benzene rings is 3. The highest BCUT2D eigenvalue weighted by atomic mass is 79.9. The molecule has 3 aromatic carbocycles. The monoisotopic (exact) mass is 465 g/mol. The van der Waals surface area contributed by atoms with Crippen LogP contribution in [0.3, 0.4) is 0 Å². The molecule has 1 aliphatic heterocycles. The van der Waals surface area contributed by atoms with Crippen LogP contribution >= 0.6 is 31.9 Å². The minimum Gasteiger partial charge on any atom is -0.320 e. The van der Waals surface area contributed by atoms with E-state index < -0.39 is 0 Å². The smallest absolute Gasteiger partial charge is 0.256 e. The maximum Gasteiger partial charge on any atom is 0.256 e. The molecule has 4 heteroatoms. The number of amides is 1. The summed E-state index contributed by atoms with van der Waals surface area (Å²) in [6.45, 7) is 0. The van der Waals surface area contributed by atoms with Crippen molar-refractivity contribution in [2.24, 2.45) is 0 Å². The van der Waals surface area contributed by atoms with Gasteiger partial charge in [0.1, 0.15) is 0 Å². The van der Waals surface area contributed by atoms with Crippen molar-refractivity contribution in [1.82, 2.24) is 0 Å². The van der Waals surface area contributed by atoms with Crippen molar-refractivity contribution in [2.75, 3.05) is 5.32 Å². The van der Waals surface area contributed by atoms with Gasteiger partial charge in [-0.3, -0.25) is 4.79 Å². The predicted molar refractivity (Wildman–Crippen MR) is 113 cm³/mol. The first-order valence-corrected chi connectivity index (χ1v) is 9.92. The van der Waals surface area contributed by atoms with Gasteiger partial charge in [0, 0.05) is 20.1 Å². The van der Waals surface area contributed by atoms with E-state index in [1.807, 2.05) is 18.2 Å². The second kappa shape index (κ2) is 5.93. The summed E-state index contributed by atoms with van der Waals surface area (Å²) < 4.78 is 1.82. The normalized spacial score (nSPS) is 15.6. The molecule has 0 saturated carbocycles. The lowest BCUT2D eigenvalue weighted by Gasteiger charge is -2.04. The number of rotatable bonds is 1. The highest BCUT2D eigenvalue weighted by Crippen LogP contribution is 2.41. The Labute approximate surface area is 168 Å². The van der Waals surface area contributed by atoms with Gasteiger partial charge in [0.15, 0.2) is 0 Å². The van der Waals surface area contributed by atoms with Gasteiger partial charge in [-0.15, -0.1) is 0 Å². The fourth-order valence-electron chi connectivity index (χ4n) is 3.78. The van der Waals surface area contributed by atoms with Crippen LogP contribution in [0.5, 0.6) is 0 Å². The Morgan fingerprint density at radius 1 is 0.885 bits per heavy atom. The van der Waals surface area contributed by atoms with Crippen molar-refractivity contribution in [2.45, 2.75) is 6.42 Å². The molecule has 0 bridgehead atoms. The molecule has 1 amide bonds. The molecule has 0 atom stereocenters. The first-order chi connectivity index (χ1) is 12.6. The Kier molecular flexibility index (Phi) is 3.66. The molecule has 1 aliphatic carbocycles. The quantitative estimate of drug-likeness (QED) is 0.329. The zero-order valence-electron chi connectivity index (χ0n) is 13.6. The van der Waals surface area contributed by atoms with Gasteiger partial charge in [0.25, 0.3) is 5.91 Å². The van der Waals surface area contributed by atoms with Crippen LogP contribution in [-0.4, -0.2) is 5.91 Å². The molecule has 0 aromatic heterocycles. The number of fused-ring (bicyclic) bond motifs is 4. The number of hydrogen-bond donors (Lipinski definition) is 1. The highest BCUT2D eigenvalue weighted by Gasteiger charge is 2.27. The molecule has 1 heterocycles. The first kappa shape index (κ1) is 16.0. The third-order valence-corrected chi connectivity index (χ3v) is 6.04. The summed E-state index contributed by atoms with van der Waals surface area (Å²) in [4.78, 5) is 12.5. The van der Waals surface area contributed by atoms with E-state index in [1.54, 1.807) is 0 Å². The molecule has 0 spiro atoms. The summed E-state index contributed by atoms with van der Waals surface area (Å²) >= 11 is 7.03. The van der Waals surface area contributed by atoms with Gasteiger partial charge in [-0.25, -0.2) is 0 Å². The van der Waals surface area contributed by atoms with E-state index in [9.17, 15) is 4.79 Å². The van der Waals surface area contributed by atoms with Crippen molar-refractivity contribution in [1.29, 1.82) is 0 Å². The molecule has 3 aromatic rings. The fraction of sp³-hybridized carbons (Fsp3) is 0.0455. The molecule has 1 N–H and O–H groups in total. The van der Waals surface area contributed by atoms with E-state index in [0.29, 0.717) is 5.57 Å². The van der Waals surface area contributed by atoms with Gasteiger partial charge in [-0.05, 0) is 68.4 Å². The summed E-state index contributed by atoms with van der Waals surface area (Å²) in [7, 11) is 0. The van der Waals surface area contributed by atoms with Crippen LogP contribution in [0.15, 0.2) is 63.5 Å². The van der Waals surface area contributed by atoms with Crippen molar-refractivity contribution in [3.05, 3.63) is 85.8 Å². The second-order valence-corrected chi connectivity index (χ2v) is 8.34. The number of carbonyl (C=O) groups excluding carboxylic acids is 1. The molecule has 26 heavy (non-hydrogen) atoms. The van der Waals surface area contributed by atoms with Crippen molar-refractivity contribution in [3.63, 3.8) is 0 Å². The molecular formula is C22H13Br2NO. The molecular weight excluding hydrogens is 454 g/mol. The predicted octanol–water partition coefficient (Wildman–Crippen LogP) is 6.28. The van der Waals surface area contributed by atoms with E-state index in [2.05, 4.69) is 79.6 Å². The van der Waals surface area contributed by atoms with Crippen molar-refractivity contribution in [3.8, 4) is 11.1 Å². The van der Waals surface area contributed by atoms with E-state index in [4.69, 9.17) is 0 Å². The topological polar surface area (TPSA) is 29.1 Å². The Hall–Kier alpha value is -2.17. The number of anilines is 1. The molecule has 0 fully saturated rings. The maximum atomic E-state index is 12.5. The molecule has 0 radical (unpaired) electrons.